The van der Waals surface area contributed by atoms with Crippen LogP contribution in [0.25, 0.3) is 0 Å². The van der Waals surface area contributed by atoms with E-state index in [-0.39, 0.29) is 0 Å². The summed E-state index contributed by atoms with van der Waals surface area (Å²) >= 11 is 0. The monoisotopic (exact) mass is 137 g/mol. The van der Waals surface area contributed by atoms with E-state index in [9.17, 15) is 0 Å². The third kappa shape index (κ3) is 1.45. The van der Waals surface area contributed by atoms with Gasteiger partial charge in [-0.15, -0.1) is 0 Å². The molecular formula is C7H9N2O. The van der Waals surface area contributed by atoms with Gasteiger partial charge in [-0.05, 0) is 18.6 Å². The Labute approximate surface area is 59.5 Å². The number of nitrogens with two attached hydrogens (primary N) is 1. The molecule has 3 N–H and O–H groups in total. The third-order valence-corrected chi connectivity index (χ3v) is 1.19. The van der Waals surface area contributed by atoms with E-state index in [0.29, 0.717) is 11.4 Å². The summed E-state index contributed by atoms with van der Waals surface area (Å²) < 4.78 is 0. The van der Waals surface area contributed by atoms with Crippen molar-refractivity contribution in [2.75, 3.05) is 5.73 Å². The van der Waals surface area contributed by atoms with Crippen molar-refractivity contribution in [3.05, 3.63) is 30.8 Å². The summed E-state index contributed by atoms with van der Waals surface area (Å²) in [5.41, 5.74) is 5.99. The van der Waals surface area contributed by atoms with Crippen LogP contribution < -0.4 is 5.73 Å². The smallest absolute Gasteiger partial charge is 0.123 e. The van der Waals surface area contributed by atoms with Crippen molar-refractivity contribution in [2.24, 2.45) is 0 Å². The second-order valence-electron chi connectivity index (χ2n) is 2.03. The molecule has 10 heavy (non-hydrogen) atoms. The normalized spacial score (nSPS) is 13.0. The van der Waals surface area contributed by atoms with E-state index < -0.39 is 6.10 Å². The van der Waals surface area contributed by atoms with Gasteiger partial charge in [-0.1, -0.05) is 6.07 Å². The first-order valence-corrected chi connectivity index (χ1v) is 2.92. The minimum atomic E-state index is -0.715. The lowest BCUT2D eigenvalue weighted by Crippen LogP contribution is -1.94. The van der Waals surface area contributed by atoms with Crippen molar-refractivity contribution in [2.45, 2.75) is 6.10 Å². The van der Waals surface area contributed by atoms with Crippen molar-refractivity contribution in [1.29, 1.82) is 0 Å². The fourth-order valence-corrected chi connectivity index (χ4v) is 0.614. The molecule has 0 saturated heterocycles. The van der Waals surface area contributed by atoms with Gasteiger partial charge in [0, 0.05) is 6.20 Å². The van der Waals surface area contributed by atoms with Gasteiger partial charge in [-0.25, -0.2) is 4.98 Å². The predicted octanol–water partition coefficient (Wildman–Crippen LogP) is 0.531. The second-order valence-corrected chi connectivity index (χ2v) is 2.03. The molecule has 1 aromatic rings. The summed E-state index contributed by atoms with van der Waals surface area (Å²) in [6.07, 6.45) is 0.792. The van der Waals surface area contributed by atoms with Crippen LogP contribution in [0.5, 0.6) is 0 Å². The summed E-state index contributed by atoms with van der Waals surface area (Å²) in [6.45, 7) is 3.41. The topological polar surface area (TPSA) is 59.1 Å². The van der Waals surface area contributed by atoms with Crippen LogP contribution in [-0.4, -0.2) is 10.1 Å². The number of aliphatic hydroxyl groups excluding tert-OH is 1. The number of aliphatic hydroxyl groups is 1. The van der Waals surface area contributed by atoms with Crippen molar-refractivity contribution in [1.82, 2.24) is 4.98 Å². The SMILES string of the molecule is [CH2]C(O)c1ccc(N)nc1. The Hall–Kier alpha value is -1.09. The fraction of sp³-hybridized carbons (Fsp3) is 0.143. The van der Waals surface area contributed by atoms with Gasteiger partial charge in [0.2, 0.25) is 0 Å². The van der Waals surface area contributed by atoms with Crippen LogP contribution in [-0.2, 0) is 0 Å². The number of pyridine rings is 1. The highest BCUT2D eigenvalue weighted by Gasteiger charge is 1.98. The van der Waals surface area contributed by atoms with Crippen LogP contribution >= 0.6 is 0 Å². The van der Waals surface area contributed by atoms with Crippen LogP contribution in [0.2, 0.25) is 0 Å². The molecule has 0 aromatic carbocycles. The molecular weight excluding hydrogens is 128 g/mol. The van der Waals surface area contributed by atoms with Crippen molar-refractivity contribution in [3.8, 4) is 0 Å². The molecule has 0 aliphatic carbocycles. The van der Waals surface area contributed by atoms with E-state index in [0.717, 1.165) is 0 Å². The highest BCUT2D eigenvalue weighted by molar-refractivity contribution is 5.30. The van der Waals surface area contributed by atoms with E-state index in [1.807, 2.05) is 0 Å². The van der Waals surface area contributed by atoms with Crippen molar-refractivity contribution < 1.29 is 5.11 Å². The third-order valence-electron chi connectivity index (χ3n) is 1.19. The molecule has 3 heteroatoms. The first-order valence-electron chi connectivity index (χ1n) is 2.92. The zero-order valence-electron chi connectivity index (χ0n) is 5.49. The first-order chi connectivity index (χ1) is 4.70. The largest absolute Gasteiger partial charge is 0.388 e. The van der Waals surface area contributed by atoms with Gasteiger partial charge in [0.15, 0.2) is 0 Å². The number of hydrogen-bond donors (Lipinski definition) is 2. The lowest BCUT2D eigenvalue weighted by molar-refractivity contribution is 0.225. The van der Waals surface area contributed by atoms with Gasteiger partial charge >= 0.3 is 0 Å². The summed E-state index contributed by atoms with van der Waals surface area (Å²) in [4.78, 5) is 3.78. The number of anilines is 1. The molecule has 0 amide bonds. The zero-order chi connectivity index (χ0) is 7.56. The predicted molar refractivity (Wildman–Crippen MR) is 39.0 cm³/mol. The fourth-order valence-electron chi connectivity index (χ4n) is 0.614. The maximum Gasteiger partial charge on any atom is 0.123 e. The summed E-state index contributed by atoms with van der Waals surface area (Å²) in [5.74, 6) is 0.449. The van der Waals surface area contributed by atoms with Crippen molar-refractivity contribution >= 4 is 5.82 Å². The van der Waals surface area contributed by atoms with Crippen molar-refractivity contribution in [3.63, 3.8) is 0 Å². The maximum atomic E-state index is 8.92. The van der Waals surface area contributed by atoms with E-state index in [1.54, 1.807) is 12.1 Å². The van der Waals surface area contributed by atoms with Crippen LogP contribution in [0, 0.1) is 6.92 Å². The molecule has 0 saturated carbocycles. The molecule has 1 aromatic heterocycles. The molecule has 0 aliphatic heterocycles. The molecule has 53 valence electrons. The second kappa shape index (κ2) is 2.66. The Kier molecular flexibility index (Phi) is 1.87. The molecule has 1 radical (unpaired) electrons. The minimum absolute atomic E-state index is 0.449. The number of aromatic nitrogens is 1. The minimum Gasteiger partial charge on any atom is -0.388 e. The Morgan fingerprint density at radius 1 is 1.60 bits per heavy atom. The van der Waals surface area contributed by atoms with Crippen LogP contribution in [0.3, 0.4) is 0 Å². The Morgan fingerprint density at radius 3 is 2.70 bits per heavy atom. The molecule has 3 nitrogen and oxygen atoms in total. The van der Waals surface area contributed by atoms with E-state index >= 15 is 0 Å². The van der Waals surface area contributed by atoms with E-state index in [1.165, 1.54) is 6.20 Å². The average molecular weight is 137 g/mol. The van der Waals surface area contributed by atoms with Crippen LogP contribution in [0.15, 0.2) is 18.3 Å². The first kappa shape index (κ1) is 7.02. The van der Waals surface area contributed by atoms with Gasteiger partial charge in [-0.3, -0.25) is 0 Å². The standard InChI is InChI=1S/C7H9N2O/c1-5(10)6-2-3-7(8)9-4-6/h2-5,10H,1H2,(H2,8,9). The van der Waals surface area contributed by atoms with E-state index in [2.05, 4.69) is 11.9 Å². The summed E-state index contributed by atoms with van der Waals surface area (Å²) in [7, 11) is 0. The quantitative estimate of drug-likeness (QED) is 0.593. The Bertz CT molecular complexity index is 205. The molecule has 1 unspecified atom stereocenters. The van der Waals surface area contributed by atoms with Crippen LogP contribution in [0.4, 0.5) is 5.82 Å². The van der Waals surface area contributed by atoms with Gasteiger partial charge in [-0.2, -0.15) is 0 Å². The number of nitrogen functional groups attached to an aromatic ring is 1. The highest BCUT2D eigenvalue weighted by atomic mass is 16.3. The molecule has 0 spiro atoms. The molecule has 0 bridgehead atoms. The Balaban J connectivity index is 2.89. The molecule has 1 atom stereocenters. The average Bonchev–Trinajstić information content (AvgIpc) is 1.88. The molecule has 1 heterocycles. The molecule has 1 rings (SSSR count). The van der Waals surface area contributed by atoms with Gasteiger partial charge in [0.05, 0.1) is 6.10 Å². The van der Waals surface area contributed by atoms with Gasteiger partial charge < -0.3 is 10.8 Å². The summed E-state index contributed by atoms with van der Waals surface area (Å²) in [6, 6.07) is 3.32. The lowest BCUT2D eigenvalue weighted by Gasteiger charge is -2.01. The number of nitrogens with zero attached hydrogens (tertiary/aromatic N) is 1. The highest BCUT2D eigenvalue weighted by Crippen LogP contribution is 2.09. The van der Waals surface area contributed by atoms with E-state index in [4.69, 9.17) is 10.8 Å². The maximum absolute atomic E-state index is 8.92. The van der Waals surface area contributed by atoms with Crippen LogP contribution in [0.1, 0.15) is 11.7 Å². The number of rotatable bonds is 1. The van der Waals surface area contributed by atoms with Gasteiger partial charge in [0.25, 0.3) is 0 Å². The van der Waals surface area contributed by atoms with Gasteiger partial charge in [0.1, 0.15) is 5.82 Å². The zero-order valence-corrected chi connectivity index (χ0v) is 5.49. The summed E-state index contributed by atoms with van der Waals surface area (Å²) in [5, 5.41) is 8.92. The lowest BCUT2D eigenvalue weighted by atomic mass is 10.2. The number of hydrogen-bond acceptors (Lipinski definition) is 3. The molecule has 0 aliphatic rings. The molecule has 0 fully saturated rings. The Morgan fingerprint density at radius 2 is 2.30 bits per heavy atom.